The number of carbonyl (C=O) groups excluding carboxylic acids is 1. The summed E-state index contributed by atoms with van der Waals surface area (Å²) in [6, 6.07) is 6.21. The van der Waals surface area contributed by atoms with Crippen molar-refractivity contribution in [3.05, 3.63) is 35.6 Å². The van der Waals surface area contributed by atoms with E-state index in [-0.39, 0.29) is 17.6 Å². The summed E-state index contributed by atoms with van der Waals surface area (Å²) in [7, 11) is 3.58. The highest BCUT2D eigenvalue weighted by Gasteiger charge is 2.16. The molecule has 0 radical (unpaired) electrons. The van der Waals surface area contributed by atoms with Gasteiger partial charge in [0.15, 0.2) is 0 Å². The van der Waals surface area contributed by atoms with Gasteiger partial charge in [-0.15, -0.1) is 0 Å². The molecular weight excluding hydrogens is 219 g/mol. The summed E-state index contributed by atoms with van der Waals surface area (Å²) in [6.07, 6.45) is 0. The molecule has 0 aliphatic heterocycles. The van der Waals surface area contributed by atoms with E-state index in [9.17, 15) is 9.18 Å². The second-order valence-electron chi connectivity index (χ2n) is 4.28. The molecule has 1 N–H and O–H groups in total. The minimum absolute atomic E-state index is 0.0505. The Morgan fingerprint density at radius 1 is 1.41 bits per heavy atom. The van der Waals surface area contributed by atoms with E-state index in [2.05, 4.69) is 5.32 Å². The maximum atomic E-state index is 12.7. The summed E-state index contributed by atoms with van der Waals surface area (Å²) in [5, 5.41) is 2.98. The molecule has 3 nitrogen and oxygen atoms in total. The number of carbonyl (C=O) groups is 1. The monoisotopic (exact) mass is 238 g/mol. The lowest BCUT2D eigenvalue weighted by atomic mass is 10.1. The zero-order valence-electron chi connectivity index (χ0n) is 10.5. The molecule has 1 amide bonds. The molecule has 1 rings (SSSR count). The molecule has 0 aromatic heterocycles. The lowest BCUT2D eigenvalue weighted by Gasteiger charge is -2.21. The quantitative estimate of drug-likeness (QED) is 0.845. The van der Waals surface area contributed by atoms with Crippen molar-refractivity contribution >= 4 is 5.91 Å². The zero-order valence-corrected chi connectivity index (χ0v) is 10.5. The molecule has 0 aliphatic carbocycles. The fourth-order valence-electron chi connectivity index (χ4n) is 1.71. The van der Waals surface area contributed by atoms with Crippen LogP contribution in [0.5, 0.6) is 0 Å². The van der Waals surface area contributed by atoms with E-state index in [0.717, 1.165) is 5.56 Å². The van der Waals surface area contributed by atoms with Crippen LogP contribution in [0.15, 0.2) is 24.3 Å². The highest BCUT2D eigenvalue weighted by atomic mass is 19.1. The fraction of sp³-hybridized carbons (Fsp3) is 0.462. The van der Waals surface area contributed by atoms with Crippen LogP contribution in [0.25, 0.3) is 0 Å². The zero-order chi connectivity index (χ0) is 12.8. The number of nitrogens with one attached hydrogen (secondary N) is 1. The Labute approximate surface area is 102 Å². The molecule has 1 aromatic rings. The van der Waals surface area contributed by atoms with Crippen LogP contribution in [0.1, 0.15) is 12.5 Å². The molecule has 0 saturated carbocycles. The molecule has 0 heterocycles. The third kappa shape index (κ3) is 4.15. The summed E-state index contributed by atoms with van der Waals surface area (Å²) in [6.45, 7) is 3.06. The summed E-state index contributed by atoms with van der Waals surface area (Å²) in [5.74, 6) is -0.222. The second-order valence-corrected chi connectivity index (χ2v) is 4.28. The van der Waals surface area contributed by atoms with Crippen molar-refractivity contribution in [1.29, 1.82) is 0 Å². The van der Waals surface area contributed by atoms with Crippen LogP contribution < -0.4 is 5.32 Å². The topological polar surface area (TPSA) is 32.3 Å². The van der Waals surface area contributed by atoms with Crippen LogP contribution >= 0.6 is 0 Å². The summed E-state index contributed by atoms with van der Waals surface area (Å²) >= 11 is 0. The number of benzene rings is 1. The van der Waals surface area contributed by atoms with Crippen molar-refractivity contribution in [2.75, 3.05) is 20.6 Å². The molecule has 1 unspecified atom stereocenters. The van der Waals surface area contributed by atoms with Gasteiger partial charge in [-0.2, -0.15) is 0 Å². The third-order valence-electron chi connectivity index (χ3n) is 2.64. The number of hydrogen-bond donors (Lipinski definition) is 1. The summed E-state index contributed by atoms with van der Waals surface area (Å²) < 4.78 is 12.7. The predicted octanol–water partition coefficient (Wildman–Crippen LogP) is 1.64. The molecule has 1 atom stereocenters. The first-order chi connectivity index (χ1) is 8.04. The average Bonchev–Trinajstić information content (AvgIpc) is 2.31. The van der Waals surface area contributed by atoms with Crippen molar-refractivity contribution in [2.24, 2.45) is 5.92 Å². The smallest absolute Gasteiger partial charge is 0.226 e. The Hall–Kier alpha value is -1.42. The Morgan fingerprint density at radius 2 is 2.00 bits per heavy atom. The SMILES string of the molecule is CNCC(C)C(=O)N(C)Cc1ccc(F)cc1. The number of amides is 1. The summed E-state index contributed by atoms with van der Waals surface area (Å²) in [4.78, 5) is 13.6. The van der Waals surface area contributed by atoms with Crippen LogP contribution in [-0.2, 0) is 11.3 Å². The molecule has 4 heteroatoms. The van der Waals surface area contributed by atoms with Gasteiger partial charge < -0.3 is 10.2 Å². The average molecular weight is 238 g/mol. The highest BCUT2D eigenvalue weighted by Crippen LogP contribution is 2.08. The standard InChI is InChI=1S/C13H19FN2O/c1-10(8-15-2)13(17)16(3)9-11-4-6-12(14)7-5-11/h4-7,10,15H,8-9H2,1-3H3. The normalized spacial score (nSPS) is 12.2. The van der Waals surface area contributed by atoms with Crippen LogP contribution in [0.4, 0.5) is 4.39 Å². The largest absolute Gasteiger partial charge is 0.341 e. The van der Waals surface area contributed by atoms with Crippen LogP contribution in [0.3, 0.4) is 0 Å². The number of rotatable bonds is 5. The molecule has 94 valence electrons. The van der Waals surface area contributed by atoms with Gasteiger partial charge in [-0.25, -0.2) is 4.39 Å². The van der Waals surface area contributed by atoms with Crippen molar-refractivity contribution in [1.82, 2.24) is 10.2 Å². The van der Waals surface area contributed by atoms with E-state index in [4.69, 9.17) is 0 Å². The van der Waals surface area contributed by atoms with E-state index in [1.54, 1.807) is 24.1 Å². The molecular formula is C13H19FN2O. The molecule has 0 aliphatic rings. The van der Waals surface area contributed by atoms with Crippen LogP contribution in [0.2, 0.25) is 0 Å². The van der Waals surface area contributed by atoms with Gasteiger partial charge in [0.1, 0.15) is 5.82 Å². The lowest BCUT2D eigenvalue weighted by molar-refractivity contribution is -0.134. The van der Waals surface area contributed by atoms with E-state index >= 15 is 0 Å². The fourth-order valence-corrected chi connectivity index (χ4v) is 1.71. The first-order valence-corrected chi connectivity index (χ1v) is 5.68. The summed E-state index contributed by atoms with van der Waals surface area (Å²) in [5.41, 5.74) is 0.930. The van der Waals surface area contributed by atoms with Gasteiger partial charge in [0.05, 0.1) is 0 Å². The van der Waals surface area contributed by atoms with E-state index in [1.807, 2.05) is 14.0 Å². The first kappa shape index (κ1) is 13.6. The van der Waals surface area contributed by atoms with E-state index < -0.39 is 0 Å². The van der Waals surface area contributed by atoms with Gasteiger partial charge >= 0.3 is 0 Å². The number of halogens is 1. The lowest BCUT2D eigenvalue weighted by Crippen LogP contribution is -2.35. The number of hydrogen-bond acceptors (Lipinski definition) is 2. The van der Waals surface area contributed by atoms with Gasteiger partial charge in [-0.1, -0.05) is 19.1 Å². The van der Waals surface area contributed by atoms with Crippen molar-refractivity contribution in [3.8, 4) is 0 Å². The van der Waals surface area contributed by atoms with Gasteiger partial charge in [-0.3, -0.25) is 4.79 Å². The van der Waals surface area contributed by atoms with Crippen LogP contribution in [0, 0.1) is 11.7 Å². The minimum atomic E-state index is -0.258. The van der Waals surface area contributed by atoms with Crippen molar-refractivity contribution < 1.29 is 9.18 Å². The molecule has 0 saturated heterocycles. The van der Waals surface area contributed by atoms with Crippen molar-refractivity contribution in [3.63, 3.8) is 0 Å². The van der Waals surface area contributed by atoms with Gasteiger partial charge in [-0.05, 0) is 24.7 Å². The van der Waals surface area contributed by atoms with Crippen molar-refractivity contribution in [2.45, 2.75) is 13.5 Å². The second kappa shape index (κ2) is 6.35. The first-order valence-electron chi connectivity index (χ1n) is 5.68. The van der Waals surface area contributed by atoms with E-state index in [0.29, 0.717) is 13.1 Å². The molecule has 0 fully saturated rings. The maximum Gasteiger partial charge on any atom is 0.226 e. The highest BCUT2D eigenvalue weighted by molar-refractivity contribution is 5.78. The van der Waals surface area contributed by atoms with Gasteiger partial charge in [0, 0.05) is 26.1 Å². The Balaban J connectivity index is 2.56. The Bertz CT molecular complexity index is 364. The molecule has 17 heavy (non-hydrogen) atoms. The van der Waals surface area contributed by atoms with Gasteiger partial charge in [0.25, 0.3) is 0 Å². The Kier molecular flexibility index (Phi) is 5.10. The molecule has 0 bridgehead atoms. The predicted molar refractivity (Wildman–Crippen MR) is 66.0 cm³/mol. The van der Waals surface area contributed by atoms with E-state index in [1.165, 1.54) is 12.1 Å². The molecule has 0 spiro atoms. The van der Waals surface area contributed by atoms with Gasteiger partial charge in [0.2, 0.25) is 5.91 Å². The molecule has 1 aromatic carbocycles. The number of nitrogens with zero attached hydrogens (tertiary/aromatic N) is 1. The van der Waals surface area contributed by atoms with Crippen LogP contribution in [-0.4, -0.2) is 31.4 Å². The minimum Gasteiger partial charge on any atom is -0.341 e. The Morgan fingerprint density at radius 3 is 2.53 bits per heavy atom. The third-order valence-corrected chi connectivity index (χ3v) is 2.64. The maximum absolute atomic E-state index is 12.7.